The molecule has 1 aromatic heterocycles. The van der Waals surface area contributed by atoms with E-state index in [4.69, 9.17) is 5.73 Å². The summed E-state index contributed by atoms with van der Waals surface area (Å²) in [5.41, 5.74) is 4.78. The Hall–Kier alpha value is -1.18. The van der Waals surface area contributed by atoms with E-state index in [1.807, 2.05) is 0 Å². The third kappa shape index (κ3) is 2.56. The smallest absolute Gasteiger partial charge is 0.262 e. The van der Waals surface area contributed by atoms with Crippen molar-refractivity contribution in [3.8, 4) is 0 Å². The van der Waals surface area contributed by atoms with Crippen molar-refractivity contribution in [2.75, 3.05) is 19.4 Å². The average molecular weight is 259 g/mol. The van der Waals surface area contributed by atoms with Crippen LogP contribution in [0.15, 0.2) is 23.4 Å². The van der Waals surface area contributed by atoms with Crippen molar-refractivity contribution >= 4 is 15.7 Å². The van der Waals surface area contributed by atoms with Gasteiger partial charge in [0.1, 0.15) is 0 Å². The number of nitrogen functional groups attached to an aromatic ring is 1. The van der Waals surface area contributed by atoms with Gasteiger partial charge in [-0.3, -0.25) is 0 Å². The van der Waals surface area contributed by atoms with Crippen LogP contribution in [0.4, 0.5) is 5.69 Å². The second-order valence-electron chi connectivity index (χ2n) is 4.34. The molecule has 17 heavy (non-hydrogen) atoms. The number of aromatic nitrogens is 1. The Kier molecular flexibility index (Phi) is 3.75. The van der Waals surface area contributed by atoms with Crippen molar-refractivity contribution in [2.24, 2.45) is 0 Å². The summed E-state index contributed by atoms with van der Waals surface area (Å²) in [5.74, 6) is 0. The van der Waals surface area contributed by atoms with Crippen molar-refractivity contribution in [1.82, 2.24) is 9.29 Å². The zero-order valence-electron chi connectivity index (χ0n) is 10.1. The minimum Gasteiger partial charge on any atom is -0.396 e. The number of likely N-dealkylation sites (N-methyl/N-ethyl adjacent to an activating group) is 1. The van der Waals surface area contributed by atoms with E-state index in [9.17, 15) is 13.5 Å². The lowest BCUT2D eigenvalue weighted by molar-refractivity contribution is 0.137. The van der Waals surface area contributed by atoms with E-state index in [0.29, 0.717) is 0 Å². The van der Waals surface area contributed by atoms with Gasteiger partial charge in [0, 0.05) is 13.2 Å². The van der Waals surface area contributed by atoms with Crippen molar-refractivity contribution < 1.29 is 13.5 Å². The first-order valence-corrected chi connectivity index (χ1v) is 6.48. The number of rotatable bonds is 4. The van der Waals surface area contributed by atoms with Gasteiger partial charge in [0.2, 0.25) is 0 Å². The number of hydrogen-bond acceptors (Lipinski definition) is 5. The Morgan fingerprint density at radius 3 is 2.59 bits per heavy atom. The maximum Gasteiger partial charge on any atom is 0.262 e. The zero-order valence-corrected chi connectivity index (χ0v) is 10.9. The molecular formula is C10H17N3O3S. The molecule has 0 amide bonds. The summed E-state index contributed by atoms with van der Waals surface area (Å²) in [4.78, 5) is 3.78. The fourth-order valence-corrected chi connectivity index (χ4v) is 2.70. The molecule has 6 nitrogen and oxygen atoms in total. The number of nitrogens with zero attached hydrogens (tertiary/aromatic N) is 2. The molecule has 0 saturated heterocycles. The Labute approximate surface area is 101 Å². The lowest BCUT2D eigenvalue weighted by Crippen LogP contribution is -2.47. The maximum atomic E-state index is 12.2. The van der Waals surface area contributed by atoms with Gasteiger partial charge in [0.15, 0.2) is 5.03 Å². The molecule has 1 rings (SSSR count). The molecule has 0 aliphatic heterocycles. The highest BCUT2D eigenvalue weighted by atomic mass is 32.2. The fourth-order valence-electron chi connectivity index (χ4n) is 1.17. The molecule has 0 aliphatic rings. The van der Waals surface area contributed by atoms with Gasteiger partial charge in [0.05, 0.1) is 17.8 Å². The average Bonchev–Trinajstić information content (AvgIpc) is 2.28. The predicted molar refractivity (Wildman–Crippen MR) is 64.8 cm³/mol. The minimum absolute atomic E-state index is 0.0908. The number of sulfonamides is 1. The zero-order chi connectivity index (χ0) is 13.3. The van der Waals surface area contributed by atoms with E-state index >= 15 is 0 Å². The van der Waals surface area contributed by atoms with Crippen molar-refractivity contribution in [1.29, 1.82) is 0 Å². The van der Waals surface area contributed by atoms with Crippen molar-refractivity contribution in [3.05, 3.63) is 18.3 Å². The second-order valence-corrected chi connectivity index (χ2v) is 6.23. The molecule has 1 aromatic rings. The van der Waals surface area contributed by atoms with Gasteiger partial charge in [0.25, 0.3) is 10.0 Å². The van der Waals surface area contributed by atoms with E-state index in [-0.39, 0.29) is 17.3 Å². The molecule has 3 N–H and O–H groups in total. The first-order chi connectivity index (χ1) is 7.73. The lowest BCUT2D eigenvalue weighted by atomic mass is 10.1. The van der Waals surface area contributed by atoms with Crippen LogP contribution < -0.4 is 5.73 Å². The number of aliphatic hydroxyl groups is 1. The van der Waals surface area contributed by atoms with Crippen LogP contribution in [0.2, 0.25) is 0 Å². The normalized spacial score (nSPS) is 13.0. The number of aliphatic hydroxyl groups excluding tert-OH is 1. The summed E-state index contributed by atoms with van der Waals surface area (Å²) in [5, 5.41) is 9.00. The molecule has 0 radical (unpaired) electrons. The second kappa shape index (κ2) is 4.59. The van der Waals surface area contributed by atoms with Gasteiger partial charge in [-0.25, -0.2) is 13.4 Å². The van der Waals surface area contributed by atoms with E-state index < -0.39 is 15.6 Å². The maximum absolute atomic E-state index is 12.2. The van der Waals surface area contributed by atoms with E-state index in [1.54, 1.807) is 19.9 Å². The molecule has 7 heteroatoms. The van der Waals surface area contributed by atoms with Crippen LogP contribution in [0.25, 0.3) is 0 Å². The summed E-state index contributed by atoms with van der Waals surface area (Å²) in [6, 6.07) is 3.03. The van der Waals surface area contributed by atoms with Crippen molar-refractivity contribution in [3.63, 3.8) is 0 Å². The van der Waals surface area contributed by atoms with E-state index in [0.717, 1.165) is 4.31 Å². The SMILES string of the molecule is CN(C(C)(C)CO)S(=O)(=O)c1ncccc1N. The Morgan fingerprint density at radius 1 is 1.53 bits per heavy atom. The van der Waals surface area contributed by atoms with Gasteiger partial charge in [-0.1, -0.05) is 0 Å². The fraction of sp³-hybridized carbons (Fsp3) is 0.500. The van der Waals surface area contributed by atoms with Crippen LogP contribution in [-0.4, -0.2) is 42.0 Å². The van der Waals surface area contributed by atoms with Gasteiger partial charge in [-0.05, 0) is 26.0 Å². The van der Waals surface area contributed by atoms with Crippen LogP contribution in [0.3, 0.4) is 0 Å². The van der Waals surface area contributed by atoms with Crippen molar-refractivity contribution in [2.45, 2.75) is 24.4 Å². The molecule has 0 spiro atoms. The molecule has 0 fully saturated rings. The molecule has 0 atom stereocenters. The van der Waals surface area contributed by atoms with E-state index in [2.05, 4.69) is 4.98 Å². The predicted octanol–water partition coefficient (Wildman–Crippen LogP) is 0.0552. The monoisotopic (exact) mass is 259 g/mol. The Bertz CT molecular complexity index is 499. The van der Waals surface area contributed by atoms with Gasteiger partial charge >= 0.3 is 0 Å². The molecule has 0 saturated carbocycles. The van der Waals surface area contributed by atoms with Gasteiger partial charge in [-0.15, -0.1) is 0 Å². The first-order valence-electron chi connectivity index (χ1n) is 5.04. The molecule has 0 aromatic carbocycles. The minimum atomic E-state index is -3.80. The lowest BCUT2D eigenvalue weighted by Gasteiger charge is -2.32. The van der Waals surface area contributed by atoms with Crippen LogP contribution in [0, 0.1) is 0 Å². The highest BCUT2D eigenvalue weighted by molar-refractivity contribution is 7.89. The molecule has 1 heterocycles. The number of nitrogens with two attached hydrogens (primary N) is 1. The Morgan fingerprint density at radius 2 is 2.12 bits per heavy atom. The van der Waals surface area contributed by atoms with Crippen LogP contribution in [-0.2, 0) is 10.0 Å². The standard InChI is InChI=1S/C10H17N3O3S/c1-10(2,7-14)13(3)17(15,16)9-8(11)5-4-6-12-9/h4-6,14H,7,11H2,1-3H3. The summed E-state index contributed by atoms with van der Waals surface area (Å²) in [6.07, 6.45) is 1.36. The molecule has 0 unspecified atom stereocenters. The summed E-state index contributed by atoms with van der Waals surface area (Å²) in [6.45, 7) is 2.93. The highest BCUT2D eigenvalue weighted by Crippen LogP contribution is 2.24. The summed E-state index contributed by atoms with van der Waals surface area (Å²) in [7, 11) is -2.41. The van der Waals surface area contributed by atoms with E-state index in [1.165, 1.54) is 19.3 Å². The van der Waals surface area contributed by atoms with Gasteiger partial charge < -0.3 is 10.8 Å². The molecule has 0 aliphatic carbocycles. The molecular weight excluding hydrogens is 242 g/mol. The van der Waals surface area contributed by atoms with Gasteiger partial charge in [-0.2, -0.15) is 4.31 Å². The number of pyridine rings is 1. The summed E-state index contributed by atoms with van der Waals surface area (Å²) >= 11 is 0. The topological polar surface area (TPSA) is 96.5 Å². The third-order valence-corrected chi connectivity index (χ3v) is 4.69. The Balaban J connectivity index is 3.26. The molecule has 96 valence electrons. The largest absolute Gasteiger partial charge is 0.396 e. The van der Waals surface area contributed by atoms with Crippen LogP contribution >= 0.6 is 0 Å². The number of anilines is 1. The van der Waals surface area contributed by atoms with Crippen LogP contribution in [0.5, 0.6) is 0 Å². The first kappa shape index (κ1) is 13.9. The summed E-state index contributed by atoms with van der Waals surface area (Å²) < 4.78 is 25.5. The third-order valence-electron chi connectivity index (χ3n) is 2.64. The highest BCUT2D eigenvalue weighted by Gasteiger charge is 2.35. The number of hydrogen-bond donors (Lipinski definition) is 2. The quantitative estimate of drug-likeness (QED) is 0.796. The van der Waals surface area contributed by atoms with Crippen LogP contribution in [0.1, 0.15) is 13.8 Å². The molecule has 0 bridgehead atoms.